The van der Waals surface area contributed by atoms with Gasteiger partial charge in [-0.3, -0.25) is 4.68 Å². The molecule has 2 heterocycles. The van der Waals surface area contributed by atoms with Crippen LogP contribution in [0.4, 0.5) is 0 Å². The summed E-state index contributed by atoms with van der Waals surface area (Å²) in [6, 6.07) is 5.99. The van der Waals surface area contributed by atoms with Crippen LogP contribution in [0.3, 0.4) is 0 Å². The second-order valence-corrected chi connectivity index (χ2v) is 6.06. The molecule has 0 atom stereocenters. The van der Waals surface area contributed by atoms with Crippen molar-refractivity contribution >= 4 is 29.9 Å². The molecule has 0 saturated carbocycles. The maximum atomic E-state index is 5.43. The zero-order chi connectivity index (χ0) is 18.8. The Kier molecular flexibility index (Phi) is 10.8. The number of guanidine groups is 1. The average Bonchev–Trinajstić information content (AvgIpc) is 2.94. The molecule has 0 aliphatic carbocycles. The zero-order valence-corrected chi connectivity index (χ0v) is 19.0. The third kappa shape index (κ3) is 8.15. The molecular formula is C19H31IN6O. The van der Waals surface area contributed by atoms with E-state index in [9.17, 15) is 0 Å². The van der Waals surface area contributed by atoms with E-state index in [4.69, 9.17) is 4.74 Å². The van der Waals surface area contributed by atoms with E-state index in [1.54, 1.807) is 6.20 Å². The minimum absolute atomic E-state index is 0. The number of hydrogen-bond acceptors (Lipinski definition) is 4. The van der Waals surface area contributed by atoms with Crippen LogP contribution in [-0.4, -0.2) is 40.4 Å². The third-order valence-electron chi connectivity index (χ3n) is 3.80. The van der Waals surface area contributed by atoms with Crippen LogP contribution in [0.1, 0.15) is 37.2 Å². The number of rotatable bonds is 9. The Hall–Kier alpha value is -1.84. The molecule has 27 heavy (non-hydrogen) atoms. The molecule has 0 saturated heterocycles. The van der Waals surface area contributed by atoms with Gasteiger partial charge in [0.2, 0.25) is 5.88 Å². The summed E-state index contributed by atoms with van der Waals surface area (Å²) in [6.45, 7) is 11.9. The van der Waals surface area contributed by atoms with Crippen molar-refractivity contribution in [3.63, 3.8) is 0 Å². The first kappa shape index (κ1) is 23.2. The lowest BCUT2D eigenvalue weighted by Crippen LogP contribution is -2.38. The number of nitrogens with one attached hydrogen (secondary N) is 2. The summed E-state index contributed by atoms with van der Waals surface area (Å²) < 4.78 is 7.48. The second kappa shape index (κ2) is 12.5. The maximum absolute atomic E-state index is 5.43. The summed E-state index contributed by atoms with van der Waals surface area (Å²) >= 11 is 0. The predicted octanol–water partition coefficient (Wildman–Crippen LogP) is 3.06. The number of pyridine rings is 1. The van der Waals surface area contributed by atoms with Gasteiger partial charge >= 0.3 is 0 Å². The number of aliphatic imine (C=N–C) groups is 1. The van der Waals surface area contributed by atoms with Gasteiger partial charge in [-0.2, -0.15) is 5.10 Å². The van der Waals surface area contributed by atoms with Crippen molar-refractivity contribution in [2.75, 3.05) is 19.7 Å². The number of nitrogens with zero attached hydrogens (tertiary/aromatic N) is 4. The molecule has 0 spiro atoms. The molecule has 8 heteroatoms. The highest BCUT2D eigenvalue weighted by Crippen LogP contribution is 2.10. The molecule has 150 valence electrons. The molecule has 2 aromatic heterocycles. The Morgan fingerprint density at radius 3 is 2.70 bits per heavy atom. The minimum atomic E-state index is 0. The fourth-order valence-electron chi connectivity index (χ4n) is 2.62. The molecule has 0 aliphatic heterocycles. The zero-order valence-electron chi connectivity index (χ0n) is 16.7. The van der Waals surface area contributed by atoms with Crippen LogP contribution in [0.15, 0.2) is 29.4 Å². The van der Waals surface area contributed by atoms with Gasteiger partial charge in [0, 0.05) is 37.6 Å². The van der Waals surface area contributed by atoms with E-state index in [1.165, 1.54) is 5.69 Å². The van der Waals surface area contributed by atoms with Crippen molar-refractivity contribution < 1.29 is 4.74 Å². The summed E-state index contributed by atoms with van der Waals surface area (Å²) in [5.74, 6) is 1.46. The van der Waals surface area contributed by atoms with Gasteiger partial charge in [-0.25, -0.2) is 9.98 Å². The topological polar surface area (TPSA) is 76.4 Å². The first-order valence-electron chi connectivity index (χ1n) is 9.23. The first-order chi connectivity index (χ1) is 12.6. The summed E-state index contributed by atoms with van der Waals surface area (Å²) in [6.07, 6.45) is 2.74. The fourth-order valence-corrected chi connectivity index (χ4v) is 2.62. The van der Waals surface area contributed by atoms with E-state index < -0.39 is 0 Å². The van der Waals surface area contributed by atoms with Crippen LogP contribution in [0.5, 0.6) is 5.88 Å². The number of hydrogen-bond donors (Lipinski definition) is 2. The smallest absolute Gasteiger partial charge is 0.213 e. The summed E-state index contributed by atoms with van der Waals surface area (Å²) in [7, 11) is 0. The van der Waals surface area contributed by atoms with Crippen LogP contribution >= 0.6 is 24.0 Å². The monoisotopic (exact) mass is 486 g/mol. The molecule has 2 N–H and O–H groups in total. The van der Waals surface area contributed by atoms with Crippen LogP contribution in [0, 0.1) is 13.8 Å². The molecule has 0 fully saturated rings. The Morgan fingerprint density at radius 1 is 1.22 bits per heavy atom. The largest absolute Gasteiger partial charge is 0.478 e. The van der Waals surface area contributed by atoms with Gasteiger partial charge in [-0.15, -0.1) is 24.0 Å². The molecule has 0 amide bonds. The van der Waals surface area contributed by atoms with Crippen LogP contribution in [0.25, 0.3) is 0 Å². The van der Waals surface area contributed by atoms with E-state index in [0.29, 0.717) is 19.0 Å². The highest BCUT2D eigenvalue weighted by molar-refractivity contribution is 14.0. The van der Waals surface area contributed by atoms with E-state index in [2.05, 4.69) is 45.6 Å². The van der Waals surface area contributed by atoms with Crippen LogP contribution in [0.2, 0.25) is 0 Å². The van der Waals surface area contributed by atoms with Gasteiger partial charge in [-0.05, 0) is 51.8 Å². The molecule has 2 aromatic rings. The van der Waals surface area contributed by atoms with Crippen molar-refractivity contribution in [3.05, 3.63) is 41.3 Å². The van der Waals surface area contributed by atoms with Gasteiger partial charge in [0.05, 0.1) is 18.8 Å². The first-order valence-corrected chi connectivity index (χ1v) is 9.23. The predicted molar refractivity (Wildman–Crippen MR) is 120 cm³/mol. The van der Waals surface area contributed by atoms with Crippen molar-refractivity contribution in [1.29, 1.82) is 0 Å². The van der Waals surface area contributed by atoms with Crippen LogP contribution < -0.4 is 15.4 Å². The lowest BCUT2D eigenvalue weighted by atomic mass is 10.3. The van der Waals surface area contributed by atoms with Gasteiger partial charge < -0.3 is 15.4 Å². The van der Waals surface area contributed by atoms with E-state index in [0.717, 1.165) is 43.3 Å². The normalized spacial score (nSPS) is 11.0. The molecule has 2 rings (SSSR count). The van der Waals surface area contributed by atoms with E-state index in [1.807, 2.05) is 30.7 Å². The Morgan fingerprint density at radius 2 is 2.04 bits per heavy atom. The highest BCUT2D eigenvalue weighted by Gasteiger charge is 2.02. The van der Waals surface area contributed by atoms with Crippen molar-refractivity contribution in [3.8, 4) is 5.88 Å². The van der Waals surface area contributed by atoms with Crippen LogP contribution in [-0.2, 0) is 13.1 Å². The quantitative estimate of drug-likeness (QED) is 0.247. The number of ether oxygens (including phenoxy) is 1. The van der Waals surface area contributed by atoms with Crippen molar-refractivity contribution in [2.45, 2.75) is 47.2 Å². The Balaban J connectivity index is 0.00000364. The van der Waals surface area contributed by atoms with Gasteiger partial charge in [0.15, 0.2) is 5.96 Å². The highest BCUT2D eigenvalue weighted by atomic mass is 127. The molecule has 7 nitrogen and oxygen atoms in total. The number of aryl methyl sites for hydroxylation is 3. The van der Waals surface area contributed by atoms with E-state index in [-0.39, 0.29) is 24.0 Å². The van der Waals surface area contributed by atoms with Gasteiger partial charge in [0.25, 0.3) is 0 Å². The summed E-state index contributed by atoms with van der Waals surface area (Å²) in [4.78, 5) is 8.82. The molecule has 0 aromatic carbocycles. The average molecular weight is 486 g/mol. The van der Waals surface area contributed by atoms with Gasteiger partial charge in [-0.1, -0.05) is 0 Å². The molecule has 0 bridgehead atoms. The SMILES string of the molecule is CCNC(=NCc1ccnc(OCC)c1)NCCCn1nc(C)cc1C.I. The Bertz CT molecular complexity index is 716. The molecule has 0 radical (unpaired) electrons. The number of halogens is 1. The second-order valence-electron chi connectivity index (χ2n) is 6.06. The number of aromatic nitrogens is 3. The Labute approximate surface area is 179 Å². The standard InChI is InChI=1S/C19H30N6O.HI/c1-5-20-19(22-9-7-11-25-16(4)12-15(3)24-25)23-14-17-8-10-21-18(13-17)26-6-2;/h8,10,12-13H,5-7,9,11,14H2,1-4H3,(H2,20,22,23);1H. The molecular weight excluding hydrogens is 455 g/mol. The molecule has 0 unspecified atom stereocenters. The lowest BCUT2D eigenvalue weighted by Gasteiger charge is -2.12. The fraction of sp³-hybridized carbons (Fsp3) is 0.526. The van der Waals surface area contributed by atoms with Gasteiger partial charge in [0.1, 0.15) is 0 Å². The van der Waals surface area contributed by atoms with Crippen molar-refractivity contribution in [1.82, 2.24) is 25.4 Å². The third-order valence-corrected chi connectivity index (χ3v) is 3.80. The summed E-state index contributed by atoms with van der Waals surface area (Å²) in [5.41, 5.74) is 3.34. The summed E-state index contributed by atoms with van der Waals surface area (Å²) in [5, 5.41) is 11.1. The van der Waals surface area contributed by atoms with E-state index >= 15 is 0 Å². The lowest BCUT2D eigenvalue weighted by molar-refractivity contribution is 0.326. The maximum Gasteiger partial charge on any atom is 0.213 e. The minimum Gasteiger partial charge on any atom is -0.478 e. The van der Waals surface area contributed by atoms with Crippen molar-refractivity contribution in [2.24, 2.45) is 4.99 Å². The molecule has 0 aliphatic rings.